The van der Waals surface area contributed by atoms with E-state index in [1.807, 2.05) is 24.3 Å². The number of halogens is 2. The van der Waals surface area contributed by atoms with Crippen LogP contribution in [0.1, 0.15) is 11.1 Å². The Morgan fingerprint density at radius 2 is 2.00 bits per heavy atom. The maximum Gasteiger partial charge on any atom is 0.120 e. The van der Waals surface area contributed by atoms with Crippen molar-refractivity contribution in [1.82, 2.24) is 0 Å². The third-order valence-corrected chi connectivity index (χ3v) is 3.06. The van der Waals surface area contributed by atoms with E-state index in [1.165, 1.54) is 6.21 Å². The molecular formula is C14H11Cl2NO2. The Kier molecular flexibility index (Phi) is 4.66. The molecule has 0 radical (unpaired) electrons. The number of oxime groups is 1. The van der Waals surface area contributed by atoms with Gasteiger partial charge in [0.2, 0.25) is 0 Å². The lowest BCUT2D eigenvalue weighted by Crippen LogP contribution is -1.96. The normalized spacial score (nSPS) is 10.8. The summed E-state index contributed by atoms with van der Waals surface area (Å²) in [4.78, 5) is 0. The molecule has 0 heterocycles. The topological polar surface area (TPSA) is 41.8 Å². The zero-order valence-electron chi connectivity index (χ0n) is 9.88. The van der Waals surface area contributed by atoms with Crippen LogP contribution in [-0.2, 0) is 6.61 Å². The van der Waals surface area contributed by atoms with Gasteiger partial charge in [0.15, 0.2) is 0 Å². The first-order valence-corrected chi connectivity index (χ1v) is 6.29. The van der Waals surface area contributed by atoms with E-state index >= 15 is 0 Å². The summed E-state index contributed by atoms with van der Waals surface area (Å²) in [7, 11) is 0. The Morgan fingerprint density at radius 1 is 1.16 bits per heavy atom. The van der Waals surface area contributed by atoms with E-state index in [0.717, 1.165) is 11.1 Å². The Hall–Kier alpha value is -1.71. The van der Waals surface area contributed by atoms with Gasteiger partial charge in [-0.1, -0.05) is 46.6 Å². The molecule has 2 rings (SSSR count). The highest BCUT2D eigenvalue weighted by atomic mass is 35.5. The van der Waals surface area contributed by atoms with Gasteiger partial charge in [0.25, 0.3) is 0 Å². The lowest BCUT2D eigenvalue weighted by Gasteiger charge is -2.08. The maximum absolute atomic E-state index is 8.48. The fraction of sp³-hybridized carbons (Fsp3) is 0.0714. The SMILES string of the molecule is O/N=C/c1cccc(OCc2ccc(Cl)cc2Cl)c1. The van der Waals surface area contributed by atoms with Gasteiger partial charge >= 0.3 is 0 Å². The number of ether oxygens (including phenoxy) is 1. The first-order chi connectivity index (χ1) is 9.19. The molecule has 19 heavy (non-hydrogen) atoms. The van der Waals surface area contributed by atoms with Crippen molar-refractivity contribution in [2.75, 3.05) is 0 Å². The van der Waals surface area contributed by atoms with E-state index in [1.54, 1.807) is 18.2 Å². The van der Waals surface area contributed by atoms with Crippen molar-refractivity contribution in [2.45, 2.75) is 6.61 Å². The summed E-state index contributed by atoms with van der Waals surface area (Å²) < 4.78 is 5.63. The molecule has 0 amide bonds. The Bertz CT molecular complexity index is 600. The van der Waals surface area contributed by atoms with E-state index < -0.39 is 0 Å². The number of rotatable bonds is 4. The predicted molar refractivity (Wildman–Crippen MR) is 76.6 cm³/mol. The first-order valence-electron chi connectivity index (χ1n) is 5.53. The van der Waals surface area contributed by atoms with Crippen LogP contribution in [0.4, 0.5) is 0 Å². The largest absolute Gasteiger partial charge is 0.489 e. The fourth-order valence-electron chi connectivity index (χ4n) is 1.55. The Labute approximate surface area is 121 Å². The van der Waals surface area contributed by atoms with Crippen molar-refractivity contribution in [3.8, 4) is 5.75 Å². The molecular weight excluding hydrogens is 285 g/mol. The molecule has 5 heteroatoms. The van der Waals surface area contributed by atoms with Crippen molar-refractivity contribution in [2.24, 2.45) is 5.16 Å². The molecule has 3 nitrogen and oxygen atoms in total. The lowest BCUT2D eigenvalue weighted by atomic mass is 10.2. The molecule has 98 valence electrons. The molecule has 0 aliphatic rings. The summed E-state index contributed by atoms with van der Waals surface area (Å²) in [5.41, 5.74) is 1.61. The number of hydrogen-bond acceptors (Lipinski definition) is 3. The van der Waals surface area contributed by atoms with Crippen LogP contribution in [-0.4, -0.2) is 11.4 Å². The Morgan fingerprint density at radius 3 is 2.74 bits per heavy atom. The van der Waals surface area contributed by atoms with E-state index in [4.69, 9.17) is 33.1 Å². The number of nitrogens with zero attached hydrogens (tertiary/aromatic N) is 1. The van der Waals surface area contributed by atoms with Gasteiger partial charge in [-0.3, -0.25) is 0 Å². The first kappa shape index (κ1) is 13.7. The molecule has 0 saturated carbocycles. The molecule has 0 unspecified atom stereocenters. The molecule has 0 bridgehead atoms. The van der Waals surface area contributed by atoms with Crippen LogP contribution >= 0.6 is 23.2 Å². The van der Waals surface area contributed by atoms with Crippen molar-refractivity contribution in [1.29, 1.82) is 0 Å². The van der Waals surface area contributed by atoms with Crippen molar-refractivity contribution >= 4 is 29.4 Å². The fourth-order valence-corrected chi connectivity index (χ4v) is 2.01. The summed E-state index contributed by atoms with van der Waals surface area (Å²) >= 11 is 11.9. The summed E-state index contributed by atoms with van der Waals surface area (Å²) in [6, 6.07) is 12.5. The minimum absolute atomic E-state index is 0.343. The predicted octanol–water partition coefficient (Wildman–Crippen LogP) is 4.38. The third-order valence-electron chi connectivity index (χ3n) is 2.47. The molecule has 0 aromatic heterocycles. The van der Waals surface area contributed by atoms with E-state index in [-0.39, 0.29) is 0 Å². The molecule has 0 atom stereocenters. The van der Waals surface area contributed by atoms with Crippen LogP contribution < -0.4 is 4.74 Å². The van der Waals surface area contributed by atoms with Gasteiger partial charge in [-0.15, -0.1) is 0 Å². The highest BCUT2D eigenvalue weighted by molar-refractivity contribution is 6.35. The second-order valence-corrected chi connectivity index (χ2v) is 4.69. The summed E-state index contributed by atoms with van der Waals surface area (Å²) in [6.07, 6.45) is 1.34. The van der Waals surface area contributed by atoms with Gasteiger partial charge in [0, 0.05) is 15.6 Å². The van der Waals surface area contributed by atoms with Crippen LogP contribution in [0.2, 0.25) is 10.0 Å². The standard InChI is InChI=1S/C14H11Cl2NO2/c15-12-5-4-11(14(16)7-12)9-19-13-3-1-2-10(6-13)8-17-18/h1-8,18H,9H2/b17-8+. The molecule has 0 aliphatic carbocycles. The minimum Gasteiger partial charge on any atom is -0.489 e. The molecule has 2 aromatic rings. The second-order valence-electron chi connectivity index (χ2n) is 3.84. The average Bonchev–Trinajstić information content (AvgIpc) is 2.38. The van der Waals surface area contributed by atoms with Crippen LogP contribution in [0, 0.1) is 0 Å². The zero-order chi connectivity index (χ0) is 13.7. The monoisotopic (exact) mass is 295 g/mol. The highest BCUT2D eigenvalue weighted by Crippen LogP contribution is 2.22. The third kappa shape index (κ3) is 3.88. The van der Waals surface area contributed by atoms with E-state index in [2.05, 4.69) is 5.16 Å². The molecule has 0 saturated heterocycles. The van der Waals surface area contributed by atoms with Crippen molar-refractivity contribution in [3.63, 3.8) is 0 Å². The molecule has 0 aliphatic heterocycles. The van der Waals surface area contributed by atoms with E-state index in [9.17, 15) is 0 Å². The zero-order valence-corrected chi connectivity index (χ0v) is 11.4. The smallest absolute Gasteiger partial charge is 0.120 e. The highest BCUT2D eigenvalue weighted by Gasteiger charge is 2.03. The van der Waals surface area contributed by atoms with Gasteiger partial charge in [0.1, 0.15) is 12.4 Å². The van der Waals surface area contributed by atoms with Gasteiger partial charge in [0.05, 0.1) is 6.21 Å². The Balaban J connectivity index is 2.07. The van der Waals surface area contributed by atoms with E-state index in [0.29, 0.717) is 22.4 Å². The summed E-state index contributed by atoms with van der Waals surface area (Å²) in [5.74, 6) is 0.670. The lowest BCUT2D eigenvalue weighted by molar-refractivity contribution is 0.306. The van der Waals surface area contributed by atoms with Crippen molar-refractivity contribution in [3.05, 3.63) is 63.6 Å². The average molecular weight is 296 g/mol. The van der Waals surface area contributed by atoms with Crippen LogP contribution in [0.5, 0.6) is 5.75 Å². The number of benzene rings is 2. The molecule has 0 spiro atoms. The quantitative estimate of drug-likeness (QED) is 0.517. The summed E-state index contributed by atoms with van der Waals surface area (Å²) in [5, 5.41) is 12.6. The molecule has 1 N–H and O–H groups in total. The van der Waals surface area contributed by atoms with Gasteiger partial charge in [-0.05, 0) is 29.8 Å². The van der Waals surface area contributed by atoms with Crippen LogP contribution in [0.15, 0.2) is 47.6 Å². The minimum atomic E-state index is 0.343. The summed E-state index contributed by atoms with van der Waals surface area (Å²) in [6.45, 7) is 0.343. The van der Waals surface area contributed by atoms with Gasteiger partial charge in [-0.25, -0.2) is 0 Å². The van der Waals surface area contributed by atoms with Gasteiger partial charge < -0.3 is 9.94 Å². The maximum atomic E-state index is 8.48. The molecule has 2 aromatic carbocycles. The van der Waals surface area contributed by atoms with Gasteiger partial charge in [-0.2, -0.15) is 0 Å². The van der Waals surface area contributed by atoms with Crippen LogP contribution in [0.25, 0.3) is 0 Å². The second kappa shape index (κ2) is 6.45. The van der Waals surface area contributed by atoms with Crippen LogP contribution in [0.3, 0.4) is 0 Å². The number of hydrogen-bond donors (Lipinski definition) is 1. The molecule has 0 fully saturated rings. The van der Waals surface area contributed by atoms with Crippen molar-refractivity contribution < 1.29 is 9.94 Å².